The molecule has 0 radical (unpaired) electrons. The second-order valence-electron chi connectivity index (χ2n) is 5.09. The second kappa shape index (κ2) is 4.81. The molecule has 0 aliphatic rings. The Morgan fingerprint density at radius 1 is 1.21 bits per heavy atom. The van der Waals surface area contributed by atoms with Gasteiger partial charge in [0.15, 0.2) is 0 Å². The average Bonchev–Trinajstić information content (AvgIpc) is 2.03. The number of unbranched alkanes of at least 4 members (excludes halogenated alkanes) is 1. The molecule has 0 aromatic rings. The van der Waals surface area contributed by atoms with Crippen molar-refractivity contribution in [2.24, 2.45) is 10.8 Å². The molecule has 0 aromatic heterocycles. The first kappa shape index (κ1) is 13.5. The summed E-state index contributed by atoms with van der Waals surface area (Å²) in [5.41, 5.74) is -0.717. The minimum absolute atomic E-state index is 0.164. The molecule has 0 rings (SSSR count). The summed E-state index contributed by atoms with van der Waals surface area (Å²) in [6.45, 7) is 10.2. The van der Waals surface area contributed by atoms with Crippen LogP contribution in [0.25, 0.3) is 0 Å². The third-order valence-corrected chi connectivity index (χ3v) is 3.41. The van der Waals surface area contributed by atoms with Gasteiger partial charge in [0.25, 0.3) is 0 Å². The first-order valence-corrected chi connectivity index (χ1v) is 5.55. The fourth-order valence-corrected chi connectivity index (χ4v) is 2.14. The topological polar surface area (TPSA) is 37.3 Å². The van der Waals surface area contributed by atoms with Gasteiger partial charge < -0.3 is 5.11 Å². The van der Waals surface area contributed by atoms with Crippen molar-refractivity contribution in [1.29, 1.82) is 0 Å². The van der Waals surface area contributed by atoms with Crippen LogP contribution in [0, 0.1) is 10.8 Å². The van der Waals surface area contributed by atoms with Crippen LogP contribution in [-0.4, -0.2) is 11.1 Å². The van der Waals surface area contributed by atoms with Crippen molar-refractivity contribution in [2.45, 2.75) is 60.3 Å². The van der Waals surface area contributed by atoms with Gasteiger partial charge in [-0.3, -0.25) is 4.79 Å². The molecular formula is C12H24O2. The zero-order chi connectivity index (χ0) is 11.4. The van der Waals surface area contributed by atoms with Crippen molar-refractivity contribution >= 4 is 5.97 Å². The van der Waals surface area contributed by atoms with Gasteiger partial charge >= 0.3 is 5.97 Å². The number of carbonyl (C=O) groups is 1. The molecule has 84 valence electrons. The molecule has 1 N–H and O–H groups in total. The molecule has 2 nitrogen and oxygen atoms in total. The Bertz CT molecular complexity index is 191. The van der Waals surface area contributed by atoms with Gasteiger partial charge in [-0.1, -0.05) is 47.5 Å². The summed E-state index contributed by atoms with van der Waals surface area (Å²) in [7, 11) is 0. The van der Waals surface area contributed by atoms with Crippen molar-refractivity contribution in [1.82, 2.24) is 0 Å². The monoisotopic (exact) mass is 200 g/mol. The predicted molar refractivity (Wildman–Crippen MR) is 59.3 cm³/mol. The Hall–Kier alpha value is -0.530. The normalized spacial score (nSPS) is 16.4. The molecule has 0 amide bonds. The molecule has 0 aliphatic heterocycles. The third-order valence-electron chi connectivity index (χ3n) is 3.41. The highest BCUT2D eigenvalue weighted by atomic mass is 16.4. The molecule has 1 atom stereocenters. The number of carboxylic acids is 1. The van der Waals surface area contributed by atoms with Gasteiger partial charge in [0.05, 0.1) is 5.41 Å². The van der Waals surface area contributed by atoms with E-state index in [0.29, 0.717) is 6.42 Å². The van der Waals surface area contributed by atoms with Gasteiger partial charge in [0.1, 0.15) is 0 Å². The van der Waals surface area contributed by atoms with E-state index in [1.54, 1.807) is 0 Å². The van der Waals surface area contributed by atoms with Crippen molar-refractivity contribution in [3.8, 4) is 0 Å². The molecule has 0 heterocycles. The summed E-state index contributed by atoms with van der Waals surface area (Å²) in [5, 5.41) is 9.39. The van der Waals surface area contributed by atoms with Crippen LogP contribution in [0.2, 0.25) is 0 Å². The first-order chi connectivity index (χ1) is 6.31. The van der Waals surface area contributed by atoms with E-state index < -0.39 is 11.4 Å². The van der Waals surface area contributed by atoms with Gasteiger partial charge in [0, 0.05) is 0 Å². The number of hydrogen-bond donors (Lipinski definition) is 1. The SMILES string of the molecule is CCCCC(CC)(C(=O)O)C(C)(C)C. The Morgan fingerprint density at radius 3 is 1.93 bits per heavy atom. The molecule has 14 heavy (non-hydrogen) atoms. The van der Waals surface area contributed by atoms with E-state index in [1.807, 2.05) is 27.7 Å². The molecule has 2 heteroatoms. The van der Waals surface area contributed by atoms with E-state index >= 15 is 0 Å². The number of carboxylic acid groups (broad SMARTS) is 1. The highest BCUT2D eigenvalue weighted by molar-refractivity contribution is 5.75. The number of hydrogen-bond acceptors (Lipinski definition) is 1. The largest absolute Gasteiger partial charge is 0.481 e. The van der Waals surface area contributed by atoms with Crippen molar-refractivity contribution in [3.05, 3.63) is 0 Å². The van der Waals surface area contributed by atoms with Crippen LogP contribution < -0.4 is 0 Å². The van der Waals surface area contributed by atoms with E-state index in [0.717, 1.165) is 19.3 Å². The minimum atomic E-state index is -0.638. The predicted octanol–water partition coefficient (Wildman–Crippen LogP) is 3.70. The molecule has 1 unspecified atom stereocenters. The highest BCUT2D eigenvalue weighted by Gasteiger charge is 2.46. The lowest BCUT2D eigenvalue weighted by atomic mass is 9.62. The minimum Gasteiger partial charge on any atom is -0.481 e. The average molecular weight is 200 g/mol. The van der Waals surface area contributed by atoms with Crippen LogP contribution in [0.1, 0.15) is 60.3 Å². The molecule has 0 aliphatic carbocycles. The number of rotatable bonds is 5. The fourth-order valence-electron chi connectivity index (χ4n) is 2.14. The lowest BCUT2D eigenvalue weighted by molar-refractivity contribution is -0.157. The molecule has 0 fully saturated rings. The zero-order valence-corrected chi connectivity index (χ0v) is 10.2. The van der Waals surface area contributed by atoms with E-state index in [-0.39, 0.29) is 5.41 Å². The van der Waals surface area contributed by atoms with E-state index in [2.05, 4.69) is 6.92 Å². The van der Waals surface area contributed by atoms with E-state index in [1.165, 1.54) is 0 Å². The molecule has 0 aromatic carbocycles. The molecule has 0 saturated heterocycles. The molecule has 0 spiro atoms. The maximum atomic E-state index is 11.4. The highest BCUT2D eigenvalue weighted by Crippen LogP contribution is 2.45. The van der Waals surface area contributed by atoms with Crippen LogP contribution in [0.15, 0.2) is 0 Å². The Balaban J connectivity index is 4.90. The second-order valence-corrected chi connectivity index (χ2v) is 5.09. The summed E-state index contributed by atoms with van der Waals surface area (Å²) in [5.74, 6) is -0.638. The molecule has 0 saturated carbocycles. The van der Waals surface area contributed by atoms with Crippen molar-refractivity contribution < 1.29 is 9.90 Å². The maximum absolute atomic E-state index is 11.4. The third kappa shape index (κ3) is 2.49. The van der Waals surface area contributed by atoms with Gasteiger partial charge in [-0.25, -0.2) is 0 Å². The Kier molecular flexibility index (Phi) is 4.63. The lowest BCUT2D eigenvalue weighted by Gasteiger charge is -2.40. The van der Waals surface area contributed by atoms with Gasteiger partial charge in [0.2, 0.25) is 0 Å². The quantitative estimate of drug-likeness (QED) is 0.734. The number of aliphatic carboxylic acids is 1. The van der Waals surface area contributed by atoms with Gasteiger partial charge in [-0.2, -0.15) is 0 Å². The van der Waals surface area contributed by atoms with Gasteiger partial charge in [-0.15, -0.1) is 0 Å². The maximum Gasteiger partial charge on any atom is 0.310 e. The zero-order valence-electron chi connectivity index (χ0n) is 10.2. The van der Waals surface area contributed by atoms with E-state index in [9.17, 15) is 9.90 Å². The van der Waals surface area contributed by atoms with Crippen LogP contribution in [0.5, 0.6) is 0 Å². The summed E-state index contributed by atoms with van der Waals surface area (Å²) in [4.78, 5) is 11.4. The van der Waals surface area contributed by atoms with Crippen molar-refractivity contribution in [3.63, 3.8) is 0 Å². The summed E-state index contributed by atoms with van der Waals surface area (Å²) < 4.78 is 0. The van der Waals surface area contributed by atoms with Gasteiger partial charge in [-0.05, 0) is 18.3 Å². The summed E-state index contributed by atoms with van der Waals surface area (Å²) >= 11 is 0. The van der Waals surface area contributed by atoms with Crippen LogP contribution in [0.4, 0.5) is 0 Å². The van der Waals surface area contributed by atoms with Crippen LogP contribution in [-0.2, 0) is 4.79 Å². The fraction of sp³-hybridized carbons (Fsp3) is 0.917. The van der Waals surface area contributed by atoms with Crippen LogP contribution in [0.3, 0.4) is 0 Å². The lowest BCUT2D eigenvalue weighted by Crippen LogP contribution is -2.42. The smallest absolute Gasteiger partial charge is 0.310 e. The summed E-state index contributed by atoms with van der Waals surface area (Å²) in [6.07, 6.45) is 3.56. The molecular weight excluding hydrogens is 176 g/mol. The van der Waals surface area contributed by atoms with Crippen LogP contribution >= 0.6 is 0 Å². The summed E-state index contributed by atoms with van der Waals surface area (Å²) in [6, 6.07) is 0. The Morgan fingerprint density at radius 2 is 1.71 bits per heavy atom. The van der Waals surface area contributed by atoms with E-state index in [4.69, 9.17) is 0 Å². The Labute approximate surface area is 87.7 Å². The van der Waals surface area contributed by atoms with Crippen molar-refractivity contribution in [2.75, 3.05) is 0 Å². The first-order valence-electron chi connectivity index (χ1n) is 5.55. The standard InChI is InChI=1S/C12H24O2/c1-6-8-9-12(7-2,10(13)14)11(3,4)5/h6-9H2,1-5H3,(H,13,14). The molecule has 0 bridgehead atoms.